The Balaban J connectivity index is 1.87. The summed E-state index contributed by atoms with van der Waals surface area (Å²) in [7, 11) is 0. The molecule has 0 fully saturated rings. The molecule has 2 rings (SSSR count). The van der Waals surface area contributed by atoms with E-state index in [1.165, 1.54) is 12.1 Å². The van der Waals surface area contributed by atoms with Gasteiger partial charge in [0.25, 0.3) is 0 Å². The van der Waals surface area contributed by atoms with Crippen LogP contribution >= 0.6 is 0 Å². The Kier molecular flexibility index (Phi) is 5.00. The van der Waals surface area contributed by atoms with Crippen LogP contribution in [0.4, 0.5) is 8.78 Å². The topological polar surface area (TPSA) is 55.1 Å². The van der Waals surface area contributed by atoms with Gasteiger partial charge < -0.3 is 11.1 Å². The van der Waals surface area contributed by atoms with Gasteiger partial charge >= 0.3 is 0 Å². The number of hydrogen-bond acceptors (Lipinski definition) is 2. The number of carbonyl (C=O) groups is 1. The number of benzene rings is 2. The fourth-order valence-electron chi connectivity index (χ4n) is 2.01. The van der Waals surface area contributed by atoms with Crippen LogP contribution in [0.15, 0.2) is 48.5 Å². The molecule has 0 aromatic heterocycles. The van der Waals surface area contributed by atoms with Crippen LogP contribution < -0.4 is 11.1 Å². The summed E-state index contributed by atoms with van der Waals surface area (Å²) in [5.74, 6) is -1.58. The van der Waals surface area contributed by atoms with Crippen molar-refractivity contribution >= 4 is 5.91 Å². The van der Waals surface area contributed by atoms with E-state index in [1.807, 2.05) is 6.07 Å². The summed E-state index contributed by atoms with van der Waals surface area (Å²) in [4.78, 5) is 11.9. The second-order valence-corrected chi connectivity index (χ2v) is 4.71. The van der Waals surface area contributed by atoms with Crippen molar-refractivity contribution in [3.63, 3.8) is 0 Å². The number of nitrogens with two attached hydrogens (primary N) is 1. The lowest BCUT2D eigenvalue weighted by Gasteiger charge is -2.12. The molecule has 0 saturated heterocycles. The van der Waals surface area contributed by atoms with Crippen molar-refractivity contribution in [3.05, 3.63) is 71.3 Å². The molecule has 0 saturated carbocycles. The minimum absolute atomic E-state index is 0.266. The number of amides is 1. The number of nitrogens with one attached hydrogen (secondary N) is 1. The number of carbonyl (C=O) groups excluding carboxylic acids is 1. The highest BCUT2D eigenvalue weighted by Gasteiger charge is 2.14. The minimum Gasteiger partial charge on any atom is -0.354 e. The van der Waals surface area contributed by atoms with Gasteiger partial charge in [-0.1, -0.05) is 30.3 Å². The summed E-state index contributed by atoms with van der Waals surface area (Å²) in [6.07, 6.45) is 0.335. The van der Waals surface area contributed by atoms with Gasteiger partial charge in [0.1, 0.15) is 17.7 Å². The van der Waals surface area contributed by atoms with Crippen LogP contribution in [-0.2, 0) is 11.2 Å². The van der Waals surface area contributed by atoms with Gasteiger partial charge in [0.05, 0.1) is 0 Å². The van der Waals surface area contributed by atoms with Crippen LogP contribution in [0.3, 0.4) is 0 Å². The molecule has 1 atom stereocenters. The Labute approximate surface area is 121 Å². The number of hydrogen-bond donors (Lipinski definition) is 2. The molecule has 2 aromatic carbocycles. The van der Waals surface area contributed by atoms with Gasteiger partial charge in [-0.15, -0.1) is 0 Å². The molecule has 1 amide bonds. The molecule has 0 aliphatic heterocycles. The molecule has 21 heavy (non-hydrogen) atoms. The Morgan fingerprint density at radius 3 is 2.33 bits per heavy atom. The molecule has 0 spiro atoms. The van der Waals surface area contributed by atoms with Crippen LogP contribution in [0.1, 0.15) is 17.2 Å². The maximum absolute atomic E-state index is 13.0. The van der Waals surface area contributed by atoms with E-state index in [0.717, 1.165) is 6.07 Å². The van der Waals surface area contributed by atoms with Gasteiger partial charge in [-0.05, 0) is 29.7 Å². The fraction of sp³-hybridized carbons (Fsp3) is 0.188. The molecule has 0 aliphatic carbocycles. The standard InChI is InChI=1S/C16H16F2N2O/c17-13-8-11(9-14(18)10-13)6-7-20-16(21)15(19)12-4-2-1-3-5-12/h1-5,8-10,15H,6-7,19H2,(H,20,21)/t15-/m1/s1. The van der Waals surface area contributed by atoms with E-state index < -0.39 is 17.7 Å². The molecule has 110 valence electrons. The van der Waals surface area contributed by atoms with Crippen molar-refractivity contribution in [1.82, 2.24) is 5.32 Å². The average molecular weight is 290 g/mol. The normalized spacial score (nSPS) is 12.0. The van der Waals surface area contributed by atoms with E-state index in [1.54, 1.807) is 24.3 Å². The highest BCUT2D eigenvalue weighted by atomic mass is 19.1. The minimum atomic E-state index is -0.754. The quantitative estimate of drug-likeness (QED) is 0.888. The van der Waals surface area contributed by atoms with Gasteiger partial charge in [0.2, 0.25) is 5.91 Å². The van der Waals surface area contributed by atoms with Gasteiger partial charge in [-0.3, -0.25) is 4.79 Å². The molecule has 0 aliphatic rings. The largest absolute Gasteiger partial charge is 0.354 e. The summed E-state index contributed by atoms with van der Waals surface area (Å²) in [5.41, 5.74) is 7.04. The molecule has 0 bridgehead atoms. The van der Waals surface area contributed by atoms with Crippen molar-refractivity contribution in [2.45, 2.75) is 12.5 Å². The molecule has 5 heteroatoms. The highest BCUT2D eigenvalue weighted by molar-refractivity contribution is 5.82. The molecular weight excluding hydrogens is 274 g/mol. The number of halogens is 2. The average Bonchev–Trinajstić information content (AvgIpc) is 2.46. The molecule has 0 radical (unpaired) electrons. The lowest BCUT2D eigenvalue weighted by atomic mass is 10.1. The second kappa shape index (κ2) is 6.95. The van der Waals surface area contributed by atoms with Crippen molar-refractivity contribution in [1.29, 1.82) is 0 Å². The molecule has 2 aromatic rings. The first kappa shape index (κ1) is 15.1. The highest BCUT2D eigenvalue weighted by Crippen LogP contribution is 2.10. The SMILES string of the molecule is N[C@@H](C(=O)NCCc1cc(F)cc(F)c1)c1ccccc1. The predicted octanol–water partition coefficient (Wildman–Crippen LogP) is 2.32. The zero-order valence-corrected chi connectivity index (χ0v) is 11.4. The third-order valence-electron chi connectivity index (χ3n) is 3.08. The van der Waals surface area contributed by atoms with Crippen LogP contribution in [0.5, 0.6) is 0 Å². The predicted molar refractivity (Wildman–Crippen MR) is 76.4 cm³/mol. The van der Waals surface area contributed by atoms with Crippen LogP contribution in [-0.4, -0.2) is 12.5 Å². The van der Waals surface area contributed by atoms with Crippen molar-refractivity contribution in [2.75, 3.05) is 6.54 Å². The molecule has 0 unspecified atom stereocenters. The lowest BCUT2D eigenvalue weighted by molar-refractivity contribution is -0.122. The molecular formula is C16H16F2N2O. The van der Waals surface area contributed by atoms with Crippen molar-refractivity contribution in [2.24, 2.45) is 5.73 Å². The molecule has 3 nitrogen and oxygen atoms in total. The Bertz CT molecular complexity index is 597. The van der Waals surface area contributed by atoms with Crippen LogP contribution in [0.25, 0.3) is 0 Å². The molecule has 3 N–H and O–H groups in total. The van der Waals surface area contributed by atoms with Gasteiger partial charge in [-0.2, -0.15) is 0 Å². The smallest absolute Gasteiger partial charge is 0.241 e. The van der Waals surface area contributed by atoms with Crippen molar-refractivity contribution in [3.8, 4) is 0 Å². The third kappa shape index (κ3) is 4.36. The first-order valence-corrected chi connectivity index (χ1v) is 6.59. The van der Waals surface area contributed by atoms with E-state index in [4.69, 9.17) is 5.73 Å². The van der Waals surface area contributed by atoms with Crippen molar-refractivity contribution < 1.29 is 13.6 Å². The lowest BCUT2D eigenvalue weighted by Crippen LogP contribution is -2.35. The Hall–Kier alpha value is -2.27. The zero-order chi connectivity index (χ0) is 15.2. The maximum Gasteiger partial charge on any atom is 0.241 e. The van der Waals surface area contributed by atoms with E-state index in [0.29, 0.717) is 17.5 Å². The zero-order valence-electron chi connectivity index (χ0n) is 11.4. The fourth-order valence-corrected chi connectivity index (χ4v) is 2.01. The van der Waals surface area contributed by atoms with E-state index >= 15 is 0 Å². The van der Waals surface area contributed by atoms with Gasteiger partial charge in [0.15, 0.2) is 0 Å². The number of rotatable bonds is 5. The molecule has 0 heterocycles. The Morgan fingerprint density at radius 1 is 1.10 bits per heavy atom. The van der Waals surface area contributed by atoms with E-state index in [2.05, 4.69) is 5.32 Å². The summed E-state index contributed by atoms with van der Waals surface area (Å²) < 4.78 is 26.0. The van der Waals surface area contributed by atoms with E-state index in [-0.39, 0.29) is 12.5 Å². The first-order valence-electron chi connectivity index (χ1n) is 6.59. The first-order chi connectivity index (χ1) is 10.1. The third-order valence-corrected chi connectivity index (χ3v) is 3.08. The van der Waals surface area contributed by atoms with Gasteiger partial charge in [-0.25, -0.2) is 8.78 Å². The van der Waals surface area contributed by atoms with Crippen LogP contribution in [0.2, 0.25) is 0 Å². The maximum atomic E-state index is 13.0. The van der Waals surface area contributed by atoms with Gasteiger partial charge in [0, 0.05) is 12.6 Å². The van der Waals surface area contributed by atoms with E-state index in [9.17, 15) is 13.6 Å². The van der Waals surface area contributed by atoms with Crippen LogP contribution in [0, 0.1) is 11.6 Å². The summed E-state index contributed by atoms with van der Waals surface area (Å²) in [6, 6.07) is 11.5. The summed E-state index contributed by atoms with van der Waals surface area (Å²) in [5, 5.41) is 2.66. The second-order valence-electron chi connectivity index (χ2n) is 4.71. The summed E-state index contributed by atoms with van der Waals surface area (Å²) in [6.45, 7) is 0.266. The Morgan fingerprint density at radius 2 is 1.71 bits per heavy atom. The monoisotopic (exact) mass is 290 g/mol. The summed E-state index contributed by atoms with van der Waals surface area (Å²) >= 11 is 0.